The number of carboxylic acids is 1. The smallest absolute Gasteiger partial charge is 0.308 e. The Kier molecular flexibility index (Phi) is 4.30. The van der Waals surface area contributed by atoms with Crippen LogP contribution >= 0.6 is 11.3 Å². The number of aliphatic carboxylic acids is 1. The molecule has 5 heteroatoms. The van der Waals surface area contributed by atoms with Crippen LogP contribution in [0.25, 0.3) is 0 Å². The van der Waals surface area contributed by atoms with Crippen molar-refractivity contribution < 1.29 is 14.7 Å². The third-order valence-electron chi connectivity index (χ3n) is 1.97. The Labute approximate surface area is 91.9 Å². The van der Waals surface area contributed by atoms with E-state index in [-0.39, 0.29) is 12.5 Å². The zero-order valence-corrected chi connectivity index (χ0v) is 9.21. The van der Waals surface area contributed by atoms with Gasteiger partial charge in [0.2, 0.25) is 5.91 Å². The SMILES string of the molecule is CC(CNC(=O)Cc1ccsc1)C(=O)O. The second-order valence-corrected chi connectivity index (χ2v) is 4.13. The number of hydrogen-bond donors (Lipinski definition) is 2. The topological polar surface area (TPSA) is 66.4 Å². The highest BCUT2D eigenvalue weighted by Gasteiger charge is 2.12. The molecule has 0 saturated heterocycles. The van der Waals surface area contributed by atoms with Gasteiger partial charge in [0, 0.05) is 6.54 Å². The minimum atomic E-state index is -0.897. The number of rotatable bonds is 5. The normalized spacial score (nSPS) is 12.1. The molecule has 0 radical (unpaired) electrons. The van der Waals surface area contributed by atoms with E-state index in [1.54, 1.807) is 6.92 Å². The Morgan fingerprint density at radius 2 is 2.33 bits per heavy atom. The van der Waals surface area contributed by atoms with E-state index in [1.807, 2.05) is 16.8 Å². The fourth-order valence-corrected chi connectivity index (χ4v) is 1.66. The zero-order valence-electron chi connectivity index (χ0n) is 8.40. The third kappa shape index (κ3) is 4.12. The lowest BCUT2D eigenvalue weighted by Crippen LogP contribution is -2.32. The lowest BCUT2D eigenvalue weighted by atomic mass is 10.2. The van der Waals surface area contributed by atoms with Crippen molar-refractivity contribution in [2.24, 2.45) is 5.92 Å². The van der Waals surface area contributed by atoms with E-state index in [9.17, 15) is 9.59 Å². The Morgan fingerprint density at radius 3 is 2.87 bits per heavy atom. The molecule has 0 aliphatic carbocycles. The van der Waals surface area contributed by atoms with E-state index in [1.165, 1.54) is 11.3 Å². The molecule has 15 heavy (non-hydrogen) atoms. The van der Waals surface area contributed by atoms with Crippen molar-refractivity contribution in [3.8, 4) is 0 Å². The number of carboxylic acid groups (broad SMARTS) is 1. The van der Waals surface area contributed by atoms with Gasteiger partial charge in [0.25, 0.3) is 0 Å². The van der Waals surface area contributed by atoms with E-state index in [0.717, 1.165) is 5.56 Å². The molecule has 1 atom stereocenters. The maximum atomic E-state index is 11.3. The quantitative estimate of drug-likeness (QED) is 0.792. The summed E-state index contributed by atoms with van der Waals surface area (Å²) < 4.78 is 0. The van der Waals surface area contributed by atoms with Crippen molar-refractivity contribution in [2.45, 2.75) is 13.3 Å². The molecule has 0 spiro atoms. The van der Waals surface area contributed by atoms with Gasteiger partial charge < -0.3 is 10.4 Å². The van der Waals surface area contributed by atoms with Gasteiger partial charge >= 0.3 is 5.97 Å². The third-order valence-corrected chi connectivity index (χ3v) is 2.70. The monoisotopic (exact) mass is 227 g/mol. The summed E-state index contributed by atoms with van der Waals surface area (Å²) in [7, 11) is 0. The number of hydrogen-bond acceptors (Lipinski definition) is 3. The average Bonchev–Trinajstić information content (AvgIpc) is 2.66. The van der Waals surface area contributed by atoms with Crippen LogP contribution in [0.3, 0.4) is 0 Å². The predicted molar refractivity (Wildman–Crippen MR) is 57.8 cm³/mol. The molecule has 2 N–H and O–H groups in total. The summed E-state index contributed by atoms with van der Waals surface area (Å²) >= 11 is 1.54. The highest BCUT2D eigenvalue weighted by Crippen LogP contribution is 2.06. The number of carbonyl (C=O) groups excluding carboxylic acids is 1. The summed E-state index contributed by atoms with van der Waals surface area (Å²) in [6, 6.07) is 1.88. The summed E-state index contributed by atoms with van der Waals surface area (Å²) in [4.78, 5) is 21.8. The van der Waals surface area contributed by atoms with Crippen molar-refractivity contribution in [1.82, 2.24) is 5.32 Å². The minimum Gasteiger partial charge on any atom is -0.481 e. The Bertz CT molecular complexity index is 334. The maximum absolute atomic E-state index is 11.3. The molecule has 1 amide bonds. The lowest BCUT2D eigenvalue weighted by Gasteiger charge is -2.07. The van der Waals surface area contributed by atoms with E-state index in [2.05, 4.69) is 5.32 Å². The molecule has 1 unspecified atom stereocenters. The molecule has 1 aromatic rings. The van der Waals surface area contributed by atoms with Crippen LogP contribution in [0.5, 0.6) is 0 Å². The molecule has 0 aliphatic heterocycles. The summed E-state index contributed by atoms with van der Waals surface area (Å²) in [6.07, 6.45) is 0.315. The van der Waals surface area contributed by atoms with E-state index in [4.69, 9.17) is 5.11 Å². The summed E-state index contributed by atoms with van der Waals surface area (Å²) in [6.45, 7) is 1.74. The van der Waals surface area contributed by atoms with Gasteiger partial charge in [-0.05, 0) is 22.4 Å². The summed E-state index contributed by atoms with van der Waals surface area (Å²) in [5, 5.41) is 15.0. The van der Waals surface area contributed by atoms with Crippen molar-refractivity contribution in [3.05, 3.63) is 22.4 Å². The van der Waals surface area contributed by atoms with Crippen molar-refractivity contribution in [3.63, 3.8) is 0 Å². The highest BCUT2D eigenvalue weighted by molar-refractivity contribution is 7.07. The van der Waals surface area contributed by atoms with Gasteiger partial charge in [-0.15, -0.1) is 0 Å². The first-order valence-corrected chi connectivity index (χ1v) is 5.54. The van der Waals surface area contributed by atoms with Crippen molar-refractivity contribution in [2.75, 3.05) is 6.54 Å². The second kappa shape index (κ2) is 5.50. The van der Waals surface area contributed by atoms with Crippen LogP contribution in [0.4, 0.5) is 0 Å². The minimum absolute atomic E-state index is 0.137. The van der Waals surface area contributed by atoms with E-state index < -0.39 is 11.9 Å². The van der Waals surface area contributed by atoms with Crippen molar-refractivity contribution >= 4 is 23.2 Å². The van der Waals surface area contributed by atoms with Crippen LogP contribution < -0.4 is 5.32 Å². The van der Waals surface area contributed by atoms with Gasteiger partial charge in [0.1, 0.15) is 0 Å². The average molecular weight is 227 g/mol. The molecule has 0 aromatic carbocycles. The van der Waals surface area contributed by atoms with Gasteiger partial charge in [0.15, 0.2) is 0 Å². The Hall–Kier alpha value is -1.36. The first-order valence-electron chi connectivity index (χ1n) is 4.60. The van der Waals surface area contributed by atoms with Crippen LogP contribution in [0.1, 0.15) is 12.5 Å². The zero-order chi connectivity index (χ0) is 11.3. The van der Waals surface area contributed by atoms with Crippen LogP contribution in [-0.2, 0) is 16.0 Å². The van der Waals surface area contributed by atoms with Crippen molar-refractivity contribution in [1.29, 1.82) is 0 Å². The number of amides is 1. The molecular weight excluding hydrogens is 214 g/mol. The first-order chi connectivity index (χ1) is 7.09. The Balaban J connectivity index is 2.28. The van der Waals surface area contributed by atoms with Crippen LogP contribution in [0.15, 0.2) is 16.8 Å². The molecule has 82 valence electrons. The van der Waals surface area contributed by atoms with Crippen LogP contribution in [-0.4, -0.2) is 23.5 Å². The first kappa shape index (κ1) is 11.7. The summed E-state index contributed by atoms with van der Waals surface area (Å²) in [5.41, 5.74) is 0.959. The highest BCUT2D eigenvalue weighted by atomic mass is 32.1. The van der Waals surface area contributed by atoms with Gasteiger partial charge in [0.05, 0.1) is 12.3 Å². The van der Waals surface area contributed by atoms with Gasteiger partial charge in [-0.25, -0.2) is 0 Å². The van der Waals surface area contributed by atoms with Crippen LogP contribution in [0, 0.1) is 5.92 Å². The fraction of sp³-hybridized carbons (Fsp3) is 0.400. The molecule has 0 fully saturated rings. The fourth-order valence-electron chi connectivity index (χ4n) is 0.995. The molecular formula is C10H13NO3S. The molecule has 0 bridgehead atoms. The number of thiophene rings is 1. The second-order valence-electron chi connectivity index (χ2n) is 3.35. The lowest BCUT2D eigenvalue weighted by molar-refractivity contribution is -0.141. The molecule has 4 nitrogen and oxygen atoms in total. The maximum Gasteiger partial charge on any atom is 0.308 e. The summed E-state index contributed by atoms with van der Waals surface area (Å²) in [5.74, 6) is -1.58. The van der Waals surface area contributed by atoms with E-state index in [0.29, 0.717) is 6.42 Å². The number of carbonyl (C=O) groups is 2. The van der Waals surface area contributed by atoms with Gasteiger partial charge in [-0.3, -0.25) is 9.59 Å². The standard InChI is InChI=1S/C10H13NO3S/c1-7(10(13)14)5-11-9(12)4-8-2-3-15-6-8/h2-3,6-7H,4-5H2,1H3,(H,11,12)(H,13,14). The molecule has 0 saturated carbocycles. The van der Waals surface area contributed by atoms with Gasteiger partial charge in [-0.2, -0.15) is 11.3 Å². The molecule has 1 aromatic heterocycles. The van der Waals surface area contributed by atoms with Crippen LogP contribution in [0.2, 0.25) is 0 Å². The molecule has 0 aliphatic rings. The van der Waals surface area contributed by atoms with Gasteiger partial charge in [-0.1, -0.05) is 6.92 Å². The Morgan fingerprint density at radius 1 is 1.60 bits per heavy atom. The van der Waals surface area contributed by atoms with E-state index >= 15 is 0 Å². The number of nitrogens with one attached hydrogen (secondary N) is 1. The molecule has 1 heterocycles. The predicted octanol–water partition coefficient (Wildman–Crippen LogP) is 1.13. The molecule has 1 rings (SSSR count). The largest absolute Gasteiger partial charge is 0.481 e.